The third-order valence-electron chi connectivity index (χ3n) is 7.41. The van der Waals surface area contributed by atoms with E-state index in [2.05, 4.69) is 30.2 Å². The van der Waals surface area contributed by atoms with Crippen molar-refractivity contribution in [2.45, 2.75) is 63.2 Å². The Hall–Kier alpha value is -3.61. The number of fused-ring (bicyclic) bond motifs is 2. The van der Waals surface area contributed by atoms with Crippen molar-refractivity contribution in [2.24, 2.45) is 11.8 Å². The van der Waals surface area contributed by atoms with Gasteiger partial charge in [0.2, 0.25) is 5.95 Å². The third kappa shape index (κ3) is 3.75. The van der Waals surface area contributed by atoms with E-state index < -0.39 is 6.17 Å². The summed E-state index contributed by atoms with van der Waals surface area (Å²) in [6, 6.07) is 6.93. The number of alkyl halides is 1. The van der Waals surface area contributed by atoms with Crippen LogP contribution in [0.3, 0.4) is 0 Å². The normalized spacial score (nSPS) is 26.1. The molecular formula is C24H25FN8O. The first-order valence-electron chi connectivity index (χ1n) is 11.9. The van der Waals surface area contributed by atoms with E-state index in [9.17, 15) is 5.11 Å². The highest BCUT2D eigenvalue weighted by molar-refractivity contribution is 5.68. The Labute approximate surface area is 196 Å². The van der Waals surface area contributed by atoms with Crippen LogP contribution in [0.1, 0.15) is 50.8 Å². The van der Waals surface area contributed by atoms with E-state index in [-0.39, 0.29) is 29.6 Å². The summed E-state index contributed by atoms with van der Waals surface area (Å²) in [5.74, 6) is 1.25. The summed E-state index contributed by atoms with van der Waals surface area (Å²) in [5.41, 5.74) is 1.46. The summed E-state index contributed by atoms with van der Waals surface area (Å²) in [7, 11) is 0. The van der Waals surface area contributed by atoms with Crippen LogP contribution in [0.25, 0.3) is 16.9 Å². The second-order valence-corrected chi connectivity index (χ2v) is 9.65. The van der Waals surface area contributed by atoms with Gasteiger partial charge < -0.3 is 10.0 Å². The first kappa shape index (κ1) is 21.0. The van der Waals surface area contributed by atoms with Gasteiger partial charge in [0.1, 0.15) is 30.0 Å². The van der Waals surface area contributed by atoms with Crippen molar-refractivity contribution < 1.29 is 9.50 Å². The largest absolute Gasteiger partial charge is 0.507 e. The molecule has 2 heterocycles. The molecule has 3 aromatic rings. The number of hydrogen-bond acceptors (Lipinski definition) is 8. The Morgan fingerprint density at radius 2 is 2.00 bits per heavy atom. The monoisotopic (exact) mass is 460 g/mol. The minimum atomic E-state index is -0.852. The summed E-state index contributed by atoms with van der Waals surface area (Å²) in [5, 5.41) is 32.2. The lowest BCUT2D eigenvalue weighted by Crippen LogP contribution is -2.52. The first-order valence-corrected chi connectivity index (χ1v) is 11.9. The van der Waals surface area contributed by atoms with Gasteiger partial charge in [0, 0.05) is 17.7 Å². The van der Waals surface area contributed by atoms with E-state index in [1.165, 1.54) is 23.5 Å². The molecule has 1 N–H and O–H groups in total. The minimum Gasteiger partial charge on any atom is -0.507 e. The Morgan fingerprint density at radius 1 is 1.12 bits per heavy atom. The average Bonchev–Trinajstić information content (AvgIpc) is 3.57. The quantitative estimate of drug-likeness (QED) is 0.614. The highest BCUT2D eigenvalue weighted by Gasteiger charge is 2.47. The summed E-state index contributed by atoms with van der Waals surface area (Å²) >= 11 is 0. The molecule has 0 aliphatic heterocycles. The molecule has 34 heavy (non-hydrogen) atoms. The number of rotatable bonds is 5. The number of hydrogen-bond donors (Lipinski definition) is 1. The summed E-state index contributed by atoms with van der Waals surface area (Å²) in [6.07, 6.45) is 9.38. The van der Waals surface area contributed by atoms with Gasteiger partial charge in [-0.3, -0.25) is 0 Å². The number of anilines is 1. The lowest BCUT2D eigenvalue weighted by Gasteiger charge is -2.46. The van der Waals surface area contributed by atoms with Gasteiger partial charge in [-0.25, -0.2) is 19.0 Å². The van der Waals surface area contributed by atoms with E-state index in [1.807, 2.05) is 6.07 Å². The third-order valence-corrected chi connectivity index (χ3v) is 7.41. The topological polar surface area (TPSA) is 117 Å². The van der Waals surface area contributed by atoms with Crippen molar-refractivity contribution in [3.63, 3.8) is 0 Å². The molecule has 0 amide bonds. The number of nitriles is 1. The zero-order valence-electron chi connectivity index (χ0n) is 18.6. The number of aromatic nitrogens is 6. The van der Waals surface area contributed by atoms with Crippen LogP contribution < -0.4 is 4.90 Å². The molecule has 0 radical (unpaired) electrons. The molecule has 9 nitrogen and oxygen atoms in total. The van der Waals surface area contributed by atoms with Crippen LogP contribution in [-0.2, 0) is 0 Å². The minimum absolute atomic E-state index is 0.0154. The van der Waals surface area contributed by atoms with Crippen molar-refractivity contribution >= 4 is 5.95 Å². The van der Waals surface area contributed by atoms with E-state index in [0.717, 1.165) is 38.5 Å². The van der Waals surface area contributed by atoms with E-state index in [0.29, 0.717) is 28.8 Å². The number of halogens is 1. The Morgan fingerprint density at radius 3 is 2.71 bits per heavy atom. The molecule has 3 aliphatic carbocycles. The lowest BCUT2D eigenvalue weighted by molar-refractivity contribution is 0.0628. The number of benzene rings is 1. The van der Waals surface area contributed by atoms with Gasteiger partial charge >= 0.3 is 0 Å². The van der Waals surface area contributed by atoms with Crippen molar-refractivity contribution in [2.75, 3.05) is 4.90 Å². The summed E-state index contributed by atoms with van der Waals surface area (Å²) in [6.45, 7) is 0. The van der Waals surface area contributed by atoms with Crippen LogP contribution >= 0.6 is 0 Å². The van der Waals surface area contributed by atoms with Crippen molar-refractivity contribution in [3.05, 3.63) is 36.5 Å². The number of nitrogens with zero attached hydrogens (tertiary/aromatic N) is 8. The van der Waals surface area contributed by atoms with Crippen LogP contribution in [0.15, 0.2) is 30.7 Å². The fraction of sp³-hybridized carbons (Fsp3) is 0.500. The van der Waals surface area contributed by atoms with Crippen LogP contribution in [-0.4, -0.2) is 53.3 Å². The predicted molar refractivity (Wildman–Crippen MR) is 121 cm³/mol. The van der Waals surface area contributed by atoms with Crippen LogP contribution in [0.2, 0.25) is 0 Å². The molecule has 0 spiro atoms. The van der Waals surface area contributed by atoms with Crippen molar-refractivity contribution in [1.82, 2.24) is 29.9 Å². The van der Waals surface area contributed by atoms with E-state index >= 15 is 4.39 Å². The summed E-state index contributed by atoms with van der Waals surface area (Å²) < 4.78 is 16.9. The molecule has 0 saturated heterocycles. The number of phenols is 1. The first-order chi connectivity index (χ1) is 16.6. The fourth-order valence-corrected chi connectivity index (χ4v) is 5.65. The molecule has 6 rings (SSSR count). The highest BCUT2D eigenvalue weighted by Crippen LogP contribution is 2.46. The van der Waals surface area contributed by atoms with Gasteiger partial charge in [0.15, 0.2) is 0 Å². The van der Waals surface area contributed by atoms with Gasteiger partial charge in [-0.05, 0) is 56.1 Å². The molecule has 0 unspecified atom stereocenters. The second-order valence-electron chi connectivity index (χ2n) is 9.65. The zero-order chi connectivity index (χ0) is 23.2. The molecule has 4 atom stereocenters. The standard InChI is InChI=1S/C24H25FN8O/c25-23-15-3-1-2-14(8-15)9-20(23)33(16-4-5-16)24-27-12-19(29-30-24)18-7-6-17(10-21(18)34)32-13-28-22(11-26)31-32/h6-7,10,12-16,20,23,34H,1-5,8-9H2/t14-,15+,20-,23+/m0/s1. The fourth-order valence-electron chi connectivity index (χ4n) is 5.65. The Balaban J connectivity index is 1.25. The van der Waals surface area contributed by atoms with Crippen LogP contribution in [0.4, 0.5) is 10.3 Å². The molecule has 3 aliphatic rings. The predicted octanol–water partition coefficient (Wildman–Crippen LogP) is 3.58. The SMILES string of the molecule is N#Cc1ncn(-c2ccc(-c3cnc(N(C4CC4)[C@H]4C[C@H]5CCC[C@H](C5)[C@H]4F)nn3)c(O)c2)n1. The molecular weight excluding hydrogens is 435 g/mol. The molecule has 3 saturated carbocycles. The lowest BCUT2D eigenvalue weighted by atomic mass is 9.69. The maximum absolute atomic E-state index is 15.5. The maximum atomic E-state index is 15.5. The van der Waals surface area contributed by atoms with E-state index in [4.69, 9.17) is 5.26 Å². The Bertz CT molecular complexity index is 1230. The number of aromatic hydroxyl groups is 1. The average molecular weight is 461 g/mol. The van der Waals surface area contributed by atoms with Gasteiger partial charge in [0.05, 0.1) is 17.9 Å². The van der Waals surface area contributed by atoms with Gasteiger partial charge in [-0.15, -0.1) is 15.3 Å². The summed E-state index contributed by atoms with van der Waals surface area (Å²) in [4.78, 5) is 10.5. The molecule has 1 aromatic carbocycles. The smallest absolute Gasteiger partial charge is 0.252 e. The van der Waals surface area contributed by atoms with Crippen LogP contribution in [0, 0.1) is 23.2 Å². The van der Waals surface area contributed by atoms with Crippen LogP contribution in [0.5, 0.6) is 5.75 Å². The van der Waals surface area contributed by atoms with E-state index in [1.54, 1.807) is 18.3 Å². The molecule has 174 valence electrons. The van der Waals surface area contributed by atoms with Gasteiger partial charge in [-0.1, -0.05) is 12.8 Å². The second kappa shape index (κ2) is 8.31. The van der Waals surface area contributed by atoms with Gasteiger partial charge in [-0.2, -0.15) is 5.26 Å². The molecule has 2 aromatic heterocycles. The molecule has 10 heteroatoms. The van der Waals surface area contributed by atoms with Crippen molar-refractivity contribution in [3.8, 4) is 28.8 Å². The molecule has 2 bridgehead atoms. The van der Waals surface area contributed by atoms with Gasteiger partial charge in [0.25, 0.3) is 5.82 Å². The highest BCUT2D eigenvalue weighted by atomic mass is 19.1. The van der Waals surface area contributed by atoms with Crippen molar-refractivity contribution in [1.29, 1.82) is 5.26 Å². The molecule has 3 fully saturated rings. The number of phenolic OH excluding ortho intramolecular Hbond substituents is 1. The zero-order valence-corrected chi connectivity index (χ0v) is 18.6. The Kier molecular flexibility index (Phi) is 5.12. The maximum Gasteiger partial charge on any atom is 0.252 e.